The van der Waals surface area contributed by atoms with Crippen molar-refractivity contribution in [3.63, 3.8) is 0 Å². The first-order valence-corrected chi connectivity index (χ1v) is 10.1. The van der Waals surface area contributed by atoms with Gasteiger partial charge in [0.15, 0.2) is 5.82 Å². The fourth-order valence-corrected chi connectivity index (χ4v) is 3.28. The van der Waals surface area contributed by atoms with Crippen LogP contribution in [0.1, 0.15) is 49.7 Å². The van der Waals surface area contributed by atoms with Gasteiger partial charge in [0.1, 0.15) is 0 Å². The first-order valence-electron chi connectivity index (χ1n) is 10.1. The minimum atomic E-state index is -0.195. The Kier molecular flexibility index (Phi) is 6.77. The van der Waals surface area contributed by atoms with Crippen LogP contribution in [0.3, 0.4) is 0 Å². The van der Waals surface area contributed by atoms with Crippen molar-refractivity contribution in [1.82, 2.24) is 29.4 Å². The van der Waals surface area contributed by atoms with E-state index in [1.165, 1.54) is 0 Å². The van der Waals surface area contributed by atoms with E-state index in [0.29, 0.717) is 17.1 Å². The van der Waals surface area contributed by atoms with Crippen LogP contribution in [0.4, 0.5) is 5.69 Å². The summed E-state index contributed by atoms with van der Waals surface area (Å²) in [7, 11) is 0. The van der Waals surface area contributed by atoms with Gasteiger partial charge in [-0.15, -0.1) is 0 Å². The number of likely N-dealkylation sites (N-methyl/N-ethyl adjacent to an activating group) is 1. The predicted molar refractivity (Wildman–Crippen MR) is 113 cm³/mol. The van der Waals surface area contributed by atoms with Crippen molar-refractivity contribution in [3.8, 4) is 5.82 Å². The Balaban J connectivity index is 1.74. The molecular weight excluding hydrogens is 366 g/mol. The fourth-order valence-electron chi connectivity index (χ4n) is 3.28. The van der Waals surface area contributed by atoms with Gasteiger partial charge in [-0.1, -0.05) is 33.8 Å². The number of amides is 1. The first-order chi connectivity index (χ1) is 14.0. The second-order valence-electron chi connectivity index (χ2n) is 7.17. The molecule has 0 bridgehead atoms. The van der Waals surface area contributed by atoms with Crippen LogP contribution in [0.2, 0.25) is 0 Å². The number of carbonyl (C=O) groups excluding carboxylic acids is 1. The Bertz CT molecular complexity index is 926. The maximum atomic E-state index is 12.9. The van der Waals surface area contributed by atoms with Gasteiger partial charge in [0, 0.05) is 18.9 Å². The van der Waals surface area contributed by atoms with Gasteiger partial charge in [0.25, 0.3) is 5.91 Å². The topological polar surface area (TPSA) is 80.9 Å². The van der Waals surface area contributed by atoms with E-state index in [9.17, 15) is 4.79 Å². The van der Waals surface area contributed by atoms with Crippen LogP contribution in [-0.4, -0.2) is 55.0 Å². The minimum absolute atomic E-state index is 0.108. The van der Waals surface area contributed by atoms with E-state index < -0.39 is 0 Å². The van der Waals surface area contributed by atoms with Gasteiger partial charge in [-0.2, -0.15) is 10.2 Å². The molecule has 1 amide bonds. The molecule has 0 saturated carbocycles. The summed E-state index contributed by atoms with van der Waals surface area (Å²) in [6, 6.07) is 5.63. The zero-order valence-electron chi connectivity index (χ0n) is 17.5. The molecule has 154 valence electrons. The van der Waals surface area contributed by atoms with E-state index in [1.807, 2.05) is 42.9 Å². The highest BCUT2D eigenvalue weighted by Crippen LogP contribution is 2.23. The van der Waals surface area contributed by atoms with Crippen molar-refractivity contribution in [2.75, 3.05) is 25.0 Å². The maximum absolute atomic E-state index is 12.9. The zero-order chi connectivity index (χ0) is 20.8. The Morgan fingerprint density at radius 1 is 1.17 bits per heavy atom. The molecule has 0 saturated heterocycles. The number of pyridine rings is 1. The van der Waals surface area contributed by atoms with Gasteiger partial charge in [-0.25, -0.2) is 9.67 Å². The number of hydrogen-bond donors (Lipinski definition) is 1. The third-order valence-corrected chi connectivity index (χ3v) is 4.90. The van der Waals surface area contributed by atoms with Crippen LogP contribution in [0, 0.1) is 0 Å². The molecule has 0 aromatic carbocycles. The van der Waals surface area contributed by atoms with Crippen molar-refractivity contribution >= 4 is 11.6 Å². The lowest BCUT2D eigenvalue weighted by Crippen LogP contribution is -2.27. The lowest BCUT2D eigenvalue weighted by Gasteiger charge is -2.17. The van der Waals surface area contributed by atoms with Gasteiger partial charge < -0.3 is 10.2 Å². The molecule has 0 aliphatic rings. The second-order valence-corrected chi connectivity index (χ2v) is 7.17. The molecule has 29 heavy (non-hydrogen) atoms. The number of carbonyl (C=O) groups is 1. The van der Waals surface area contributed by atoms with Crippen LogP contribution >= 0.6 is 0 Å². The summed E-state index contributed by atoms with van der Waals surface area (Å²) in [5.41, 5.74) is 2.05. The molecule has 3 heterocycles. The Morgan fingerprint density at radius 3 is 2.62 bits per heavy atom. The monoisotopic (exact) mass is 395 g/mol. The van der Waals surface area contributed by atoms with Gasteiger partial charge >= 0.3 is 0 Å². The van der Waals surface area contributed by atoms with E-state index in [-0.39, 0.29) is 11.8 Å². The summed E-state index contributed by atoms with van der Waals surface area (Å²) < 4.78 is 3.59. The Hall–Kier alpha value is -3.00. The highest BCUT2D eigenvalue weighted by molar-refractivity contribution is 6.05. The summed E-state index contributed by atoms with van der Waals surface area (Å²) >= 11 is 0. The normalized spacial score (nSPS) is 11.4. The summed E-state index contributed by atoms with van der Waals surface area (Å²) in [5.74, 6) is 0.607. The molecule has 0 aliphatic heterocycles. The average molecular weight is 396 g/mol. The van der Waals surface area contributed by atoms with Crippen LogP contribution in [0.15, 0.2) is 43.0 Å². The molecule has 8 nitrogen and oxygen atoms in total. The molecular formula is C21H29N7O. The van der Waals surface area contributed by atoms with Gasteiger partial charge in [-0.3, -0.25) is 9.48 Å². The number of nitrogens with one attached hydrogen (secondary N) is 1. The fraction of sp³-hybridized carbons (Fsp3) is 0.429. The molecule has 0 spiro atoms. The number of rotatable bonds is 9. The number of anilines is 1. The number of nitrogens with zero attached hydrogens (tertiary/aromatic N) is 6. The van der Waals surface area contributed by atoms with Gasteiger partial charge in [0.05, 0.1) is 35.9 Å². The third kappa shape index (κ3) is 4.89. The van der Waals surface area contributed by atoms with E-state index >= 15 is 0 Å². The molecule has 0 radical (unpaired) electrons. The summed E-state index contributed by atoms with van der Waals surface area (Å²) in [4.78, 5) is 19.6. The molecule has 0 fully saturated rings. The molecule has 3 aromatic heterocycles. The lowest BCUT2D eigenvalue weighted by atomic mass is 10.1. The zero-order valence-corrected chi connectivity index (χ0v) is 17.5. The summed E-state index contributed by atoms with van der Waals surface area (Å²) in [6.45, 7) is 12.1. The Labute approximate surface area is 171 Å². The van der Waals surface area contributed by atoms with Crippen molar-refractivity contribution in [3.05, 3.63) is 54.2 Å². The highest BCUT2D eigenvalue weighted by Gasteiger charge is 2.21. The standard InChI is InChI=1S/C21H29N7O/c1-5-26(6-2)11-12-27-15-17(13-23-27)25-21(29)18-14-24-28(20(18)16(3)4)19-9-7-8-10-22-19/h7-10,13-16H,5-6,11-12H2,1-4H3,(H,25,29). The van der Waals surface area contributed by atoms with Gasteiger partial charge in [-0.05, 0) is 31.1 Å². The SMILES string of the molecule is CCN(CC)CCn1cc(NC(=O)c2cnn(-c3ccccn3)c2C(C)C)cn1. The van der Waals surface area contributed by atoms with Crippen molar-refractivity contribution < 1.29 is 4.79 Å². The van der Waals surface area contributed by atoms with E-state index in [0.717, 1.165) is 31.9 Å². The van der Waals surface area contributed by atoms with E-state index in [2.05, 4.69) is 39.2 Å². The number of aromatic nitrogens is 5. The Morgan fingerprint density at radius 2 is 1.97 bits per heavy atom. The maximum Gasteiger partial charge on any atom is 0.259 e. The van der Waals surface area contributed by atoms with Gasteiger partial charge in [0.2, 0.25) is 0 Å². The molecule has 3 aromatic rings. The highest BCUT2D eigenvalue weighted by atomic mass is 16.1. The first kappa shape index (κ1) is 20.7. The quantitative estimate of drug-likeness (QED) is 0.602. The van der Waals surface area contributed by atoms with Crippen LogP contribution in [0.5, 0.6) is 0 Å². The smallest absolute Gasteiger partial charge is 0.259 e. The number of hydrogen-bond acceptors (Lipinski definition) is 5. The predicted octanol–water partition coefficient (Wildman–Crippen LogP) is 3.18. The van der Waals surface area contributed by atoms with Crippen LogP contribution < -0.4 is 5.32 Å². The van der Waals surface area contributed by atoms with Crippen molar-refractivity contribution in [1.29, 1.82) is 0 Å². The largest absolute Gasteiger partial charge is 0.319 e. The summed E-state index contributed by atoms with van der Waals surface area (Å²) in [5, 5.41) is 11.7. The second kappa shape index (κ2) is 9.47. The van der Waals surface area contributed by atoms with Crippen LogP contribution in [0.25, 0.3) is 5.82 Å². The van der Waals surface area contributed by atoms with Crippen molar-refractivity contribution in [2.45, 2.75) is 40.2 Å². The molecule has 1 N–H and O–H groups in total. The average Bonchev–Trinajstić information content (AvgIpc) is 3.36. The molecule has 8 heteroatoms. The third-order valence-electron chi connectivity index (χ3n) is 4.90. The van der Waals surface area contributed by atoms with E-state index in [1.54, 1.807) is 23.3 Å². The molecule has 0 aliphatic carbocycles. The van der Waals surface area contributed by atoms with Crippen LogP contribution in [-0.2, 0) is 6.54 Å². The molecule has 3 rings (SSSR count). The summed E-state index contributed by atoms with van der Waals surface area (Å²) in [6.07, 6.45) is 6.86. The molecule has 0 atom stereocenters. The van der Waals surface area contributed by atoms with E-state index in [4.69, 9.17) is 0 Å². The lowest BCUT2D eigenvalue weighted by molar-refractivity contribution is 0.102. The van der Waals surface area contributed by atoms with Crippen molar-refractivity contribution in [2.24, 2.45) is 0 Å². The minimum Gasteiger partial charge on any atom is -0.319 e. The molecule has 0 unspecified atom stereocenters.